The molecule has 0 spiro atoms. The summed E-state index contributed by atoms with van der Waals surface area (Å²) < 4.78 is 25.6. The van der Waals surface area contributed by atoms with Gasteiger partial charge < -0.3 is 5.11 Å². The molecule has 0 saturated carbocycles. The molecule has 1 N–H and O–H groups in total. The number of carboxylic acid groups (broad SMARTS) is 1. The molecule has 2 nitrogen and oxygen atoms in total. The molecule has 0 amide bonds. The van der Waals surface area contributed by atoms with Crippen molar-refractivity contribution in [2.45, 2.75) is 12.3 Å². The lowest BCUT2D eigenvalue weighted by atomic mass is 10.1. The van der Waals surface area contributed by atoms with Gasteiger partial charge in [0, 0.05) is 16.5 Å². The molecule has 0 aliphatic carbocycles. The number of hydrogen-bond acceptors (Lipinski definition) is 1. The van der Waals surface area contributed by atoms with Gasteiger partial charge >= 0.3 is 11.9 Å². The van der Waals surface area contributed by atoms with Crippen molar-refractivity contribution in [3.05, 3.63) is 33.8 Å². The first-order valence-corrected chi connectivity index (χ1v) is 4.63. The Morgan fingerprint density at radius 2 is 1.73 bits per heavy atom. The van der Waals surface area contributed by atoms with Crippen LogP contribution >= 0.6 is 23.2 Å². The van der Waals surface area contributed by atoms with Gasteiger partial charge in [0.25, 0.3) is 0 Å². The van der Waals surface area contributed by atoms with E-state index in [-0.39, 0.29) is 15.6 Å². The van der Waals surface area contributed by atoms with Crippen LogP contribution in [0.15, 0.2) is 18.2 Å². The van der Waals surface area contributed by atoms with E-state index in [1.165, 1.54) is 18.2 Å². The molecular weight excluding hydrogens is 249 g/mol. The Hall–Kier alpha value is -0.870. The second-order valence-corrected chi connectivity index (χ2v) is 3.84. The summed E-state index contributed by atoms with van der Waals surface area (Å²) in [6, 6.07) is 3.89. The molecule has 0 fully saturated rings. The van der Waals surface area contributed by atoms with Gasteiger partial charge in [-0.15, -0.1) is 0 Å². The van der Waals surface area contributed by atoms with Gasteiger partial charge in [0.1, 0.15) is 0 Å². The highest BCUT2D eigenvalue weighted by atomic mass is 35.5. The summed E-state index contributed by atoms with van der Waals surface area (Å²) in [6.07, 6.45) is -0.928. The first kappa shape index (κ1) is 12.2. The summed E-state index contributed by atoms with van der Waals surface area (Å²) in [4.78, 5) is 10.2. The maximum atomic E-state index is 12.8. The molecule has 0 aromatic heterocycles. The Balaban J connectivity index is 2.94. The van der Waals surface area contributed by atoms with Gasteiger partial charge in [-0.25, -0.2) is 4.79 Å². The lowest BCUT2D eigenvalue weighted by Crippen LogP contribution is -2.30. The number of hydrogen-bond donors (Lipinski definition) is 1. The number of carbonyl (C=O) groups is 1. The van der Waals surface area contributed by atoms with Gasteiger partial charge in [0.2, 0.25) is 0 Å². The highest BCUT2D eigenvalue weighted by Crippen LogP contribution is 2.25. The summed E-state index contributed by atoms with van der Waals surface area (Å²) >= 11 is 11.2. The molecule has 0 aliphatic rings. The van der Waals surface area contributed by atoms with Crippen molar-refractivity contribution in [3.63, 3.8) is 0 Å². The van der Waals surface area contributed by atoms with E-state index in [9.17, 15) is 13.6 Å². The number of benzene rings is 1. The van der Waals surface area contributed by atoms with E-state index < -0.39 is 18.3 Å². The number of halogens is 4. The van der Waals surface area contributed by atoms with E-state index >= 15 is 0 Å². The predicted octanol–water partition coefficient (Wildman–Crippen LogP) is 3.26. The molecule has 1 aromatic carbocycles. The Morgan fingerprint density at radius 3 is 2.13 bits per heavy atom. The minimum Gasteiger partial charge on any atom is -0.477 e. The van der Waals surface area contributed by atoms with Gasteiger partial charge in [-0.1, -0.05) is 23.2 Å². The summed E-state index contributed by atoms with van der Waals surface area (Å²) in [6.45, 7) is 0. The Labute approximate surface area is 94.4 Å². The quantitative estimate of drug-likeness (QED) is 0.899. The molecule has 0 saturated heterocycles. The smallest absolute Gasteiger partial charge is 0.374 e. The van der Waals surface area contributed by atoms with Crippen LogP contribution in [-0.2, 0) is 11.2 Å². The number of aliphatic carboxylic acids is 1. The second-order valence-electron chi connectivity index (χ2n) is 2.96. The lowest BCUT2D eigenvalue weighted by Gasteiger charge is -2.11. The SMILES string of the molecule is O=C(O)C(F)(F)Cc1cc(Cl)cc(Cl)c1. The first-order chi connectivity index (χ1) is 6.81. The van der Waals surface area contributed by atoms with Gasteiger partial charge in [-0.05, 0) is 23.8 Å². The molecule has 6 heteroatoms. The largest absolute Gasteiger partial charge is 0.477 e. The fraction of sp³-hybridized carbons (Fsp3) is 0.222. The predicted molar refractivity (Wildman–Crippen MR) is 52.7 cm³/mol. The minimum atomic E-state index is -3.81. The van der Waals surface area contributed by atoms with Crippen LogP contribution in [0, 0.1) is 0 Å². The zero-order valence-corrected chi connectivity index (χ0v) is 8.82. The first-order valence-electron chi connectivity index (χ1n) is 3.87. The van der Waals surface area contributed by atoms with Crippen molar-refractivity contribution >= 4 is 29.2 Å². The number of rotatable bonds is 3. The van der Waals surface area contributed by atoms with Crippen molar-refractivity contribution in [2.75, 3.05) is 0 Å². The minimum absolute atomic E-state index is 0.0832. The van der Waals surface area contributed by atoms with E-state index in [4.69, 9.17) is 28.3 Å². The Kier molecular flexibility index (Phi) is 3.52. The summed E-state index contributed by atoms with van der Waals surface area (Å²) in [5, 5.41) is 8.61. The zero-order valence-electron chi connectivity index (χ0n) is 7.31. The van der Waals surface area contributed by atoms with Crippen molar-refractivity contribution in [1.29, 1.82) is 0 Å². The standard InChI is InChI=1S/C9H6Cl2F2O2/c10-6-1-5(2-7(11)3-6)4-9(12,13)8(14)15/h1-3H,4H2,(H,14,15). The summed E-state index contributed by atoms with van der Waals surface area (Å²) in [7, 11) is 0. The molecule has 0 radical (unpaired) electrons. The fourth-order valence-corrected chi connectivity index (χ4v) is 1.62. The van der Waals surface area contributed by atoms with Crippen LogP contribution in [-0.4, -0.2) is 17.0 Å². The van der Waals surface area contributed by atoms with E-state index in [1.54, 1.807) is 0 Å². The van der Waals surface area contributed by atoms with Crippen LogP contribution in [0.3, 0.4) is 0 Å². The number of carboxylic acids is 1. The normalized spacial score (nSPS) is 11.5. The zero-order chi connectivity index (χ0) is 11.6. The lowest BCUT2D eigenvalue weighted by molar-refractivity contribution is -0.164. The number of alkyl halides is 2. The van der Waals surface area contributed by atoms with E-state index in [1.807, 2.05) is 0 Å². The Bertz CT molecular complexity index is 373. The van der Waals surface area contributed by atoms with Gasteiger partial charge in [0.15, 0.2) is 0 Å². The van der Waals surface area contributed by atoms with Gasteiger partial charge in [-0.2, -0.15) is 8.78 Å². The third kappa shape index (κ3) is 3.32. The highest BCUT2D eigenvalue weighted by molar-refractivity contribution is 6.34. The van der Waals surface area contributed by atoms with Gasteiger partial charge in [0.05, 0.1) is 0 Å². The monoisotopic (exact) mass is 254 g/mol. The molecule has 0 heterocycles. The van der Waals surface area contributed by atoms with Crippen LogP contribution in [0.25, 0.3) is 0 Å². The molecule has 1 rings (SSSR count). The maximum absolute atomic E-state index is 12.8. The van der Waals surface area contributed by atoms with Crippen LogP contribution in [0.5, 0.6) is 0 Å². The molecule has 0 atom stereocenters. The van der Waals surface area contributed by atoms with Crippen LogP contribution in [0.1, 0.15) is 5.56 Å². The van der Waals surface area contributed by atoms with E-state index in [0.29, 0.717) is 0 Å². The van der Waals surface area contributed by atoms with Crippen molar-refractivity contribution < 1.29 is 18.7 Å². The third-order valence-corrected chi connectivity index (χ3v) is 2.10. The van der Waals surface area contributed by atoms with Crippen molar-refractivity contribution in [1.82, 2.24) is 0 Å². The third-order valence-electron chi connectivity index (χ3n) is 1.66. The van der Waals surface area contributed by atoms with Gasteiger partial charge in [-0.3, -0.25) is 0 Å². The summed E-state index contributed by atoms with van der Waals surface area (Å²) in [5.41, 5.74) is 0.0832. The molecule has 0 bridgehead atoms. The average Bonchev–Trinajstić information content (AvgIpc) is 1.99. The van der Waals surface area contributed by atoms with Crippen molar-refractivity contribution in [2.24, 2.45) is 0 Å². The Morgan fingerprint density at radius 1 is 1.27 bits per heavy atom. The molecule has 82 valence electrons. The van der Waals surface area contributed by atoms with Crippen LogP contribution < -0.4 is 0 Å². The molecule has 0 aliphatic heterocycles. The second kappa shape index (κ2) is 4.33. The molecular formula is C9H6Cl2F2O2. The molecule has 1 aromatic rings. The van der Waals surface area contributed by atoms with Crippen LogP contribution in [0.4, 0.5) is 8.78 Å². The summed E-state index contributed by atoms with van der Waals surface area (Å²) in [5.74, 6) is -5.98. The van der Waals surface area contributed by atoms with E-state index in [0.717, 1.165) is 0 Å². The maximum Gasteiger partial charge on any atom is 0.374 e. The average molecular weight is 255 g/mol. The fourth-order valence-electron chi connectivity index (χ4n) is 1.04. The van der Waals surface area contributed by atoms with Crippen molar-refractivity contribution in [3.8, 4) is 0 Å². The topological polar surface area (TPSA) is 37.3 Å². The van der Waals surface area contributed by atoms with E-state index in [2.05, 4.69) is 0 Å². The van der Waals surface area contributed by atoms with Crippen LogP contribution in [0.2, 0.25) is 10.0 Å². The molecule has 0 unspecified atom stereocenters. The highest BCUT2D eigenvalue weighted by Gasteiger charge is 2.38. The molecule has 15 heavy (non-hydrogen) atoms.